The minimum Gasteiger partial charge on any atom is -0.356 e. The first-order chi connectivity index (χ1) is 12.7. The molecule has 0 N–H and O–H groups in total. The zero-order valence-corrected chi connectivity index (χ0v) is 16.3. The Morgan fingerprint density at radius 1 is 1.27 bits per heavy atom. The summed E-state index contributed by atoms with van der Waals surface area (Å²) in [6.07, 6.45) is 7.14. The molecule has 0 spiro atoms. The van der Waals surface area contributed by atoms with Crippen LogP contribution in [0, 0.1) is 11.8 Å². The van der Waals surface area contributed by atoms with Gasteiger partial charge in [-0.15, -0.1) is 0 Å². The van der Waals surface area contributed by atoms with Crippen molar-refractivity contribution in [1.82, 2.24) is 19.7 Å². The molecule has 3 fully saturated rings. The molecular formula is C19H23BrN4O2. The largest absolute Gasteiger partial charge is 0.356 e. The van der Waals surface area contributed by atoms with Gasteiger partial charge in [0.2, 0.25) is 0 Å². The van der Waals surface area contributed by atoms with E-state index in [1.807, 2.05) is 10.7 Å². The lowest BCUT2D eigenvalue weighted by molar-refractivity contribution is -0.0368. The van der Waals surface area contributed by atoms with E-state index in [4.69, 9.17) is 4.74 Å². The number of rotatable bonds is 3. The van der Waals surface area contributed by atoms with Crippen LogP contribution in [-0.2, 0) is 4.74 Å². The van der Waals surface area contributed by atoms with E-state index in [0.717, 1.165) is 67.4 Å². The molecule has 0 radical (unpaired) electrons. The minimum atomic E-state index is -0.0560. The Balaban J connectivity index is 1.47. The number of Topliss-reactive ketones (excluding diaryl/α,β-unsaturated/α-hetero) is 1. The minimum absolute atomic E-state index is 0.0560. The van der Waals surface area contributed by atoms with Crippen LogP contribution in [0.2, 0.25) is 0 Å². The van der Waals surface area contributed by atoms with Crippen molar-refractivity contribution in [1.29, 1.82) is 0 Å². The van der Waals surface area contributed by atoms with Crippen LogP contribution in [0.1, 0.15) is 48.8 Å². The number of hydrogen-bond donors (Lipinski definition) is 0. The summed E-state index contributed by atoms with van der Waals surface area (Å²) in [4.78, 5) is 20.0. The number of hydrogen-bond acceptors (Lipinski definition) is 5. The van der Waals surface area contributed by atoms with Gasteiger partial charge < -0.3 is 9.64 Å². The van der Waals surface area contributed by atoms with Crippen molar-refractivity contribution < 1.29 is 9.53 Å². The average Bonchev–Trinajstić information content (AvgIpc) is 3.20. The first kappa shape index (κ1) is 16.8. The predicted molar refractivity (Wildman–Crippen MR) is 101 cm³/mol. The highest BCUT2D eigenvalue weighted by Crippen LogP contribution is 2.34. The molecule has 5 heterocycles. The number of carbonyl (C=O) groups is 1. The van der Waals surface area contributed by atoms with E-state index in [-0.39, 0.29) is 17.9 Å². The second kappa shape index (κ2) is 6.69. The maximum absolute atomic E-state index is 13.1. The highest BCUT2D eigenvalue weighted by atomic mass is 79.9. The van der Waals surface area contributed by atoms with Crippen molar-refractivity contribution in [3.8, 4) is 0 Å². The van der Waals surface area contributed by atoms with Crippen LogP contribution in [0.15, 0.2) is 16.9 Å². The number of carbonyl (C=O) groups excluding carboxylic acids is 1. The van der Waals surface area contributed by atoms with Gasteiger partial charge in [-0.2, -0.15) is 5.10 Å². The molecule has 0 aliphatic carbocycles. The normalized spacial score (nSPS) is 31.4. The molecule has 3 aliphatic heterocycles. The second-order valence-corrected chi connectivity index (χ2v) is 8.61. The maximum Gasteiger partial charge on any atom is 0.185 e. The summed E-state index contributed by atoms with van der Waals surface area (Å²) < 4.78 is 8.59. The van der Waals surface area contributed by atoms with Crippen molar-refractivity contribution in [2.24, 2.45) is 11.8 Å². The lowest BCUT2D eigenvalue weighted by atomic mass is 9.87. The van der Waals surface area contributed by atoms with Gasteiger partial charge in [0, 0.05) is 31.8 Å². The van der Waals surface area contributed by atoms with Crippen LogP contribution in [0.3, 0.4) is 0 Å². The van der Waals surface area contributed by atoms with Crippen LogP contribution in [0.4, 0.5) is 0 Å². The van der Waals surface area contributed by atoms with E-state index in [2.05, 4.69) is 30.9 Å². The van der Waals surface area contributed by atoms with Crippen LogP contribution in [-0.4, -0.2) is 51.7 Å². The zero-order chi connectivity index (χ0) is 17.7. The summed E-state index contributed by atoms with van der Waals surface area (Å²) in [5.74, 6) is 0.931. The first-order valence-corrected chi connectivity index (χ1v) is 10.4. The molecule has 4 unspecified atom stereocenters. The summed E-state index contributed by atoms with van der Waals surface area (Å²) in [6, 6.07) is 1.92. The molecule has 0 amide bonds. The predicted octanol–water partition coefficient (Wildman–Crippen LogP) is 3.42. The molecule has 3 saturated heterocycles. The molecule has 4 atom stereocenters. The summed E-state index contributed by atoms with van der Waals surface area (Å²) in [7, 11) is 0. The molecule has 2 aromatic heterocycles. The van der Waals surface area contributed by atoms with E-state index in [1.165, 1.54) is 6.42 Å². The van der Waals surface area contributed by atoms with Crippen LogP contribution in [0.25, 0.3) is 10.9 Å². The number of ketones is 1. The third-order valence-corrected chi connectivity index (χ3v) is 6.65. The Kier molecular flexibility index (Phi) is 4.33. The molecule has 6 nitrogen and oxygen atoms in total. The van der Waals surface area contributed by atoms with Gasteiger partial charge in [0.05, 0.1) is 10.9 Å². The van der Waals surface area contributed by atoms with Gasteiger partial charge in [-0.25, -0.2) is 4.68 Å². The summed E-state index contributed by atoms with van der Waals surface area (Å²) in [6.45, 7) is 3.94. The fourth-order valence-corrected chi connectivity index (χ4v) is 5.20. The molecular weight excluding hydrogens is 396 g/mol. The number of aromatic nitrogens is 3. The second-order valence-electron chi connectivity index (χ2n) is 7.85. The molecule has 5 rings (SSSR count). The molecule has 2 bridgehead atoms. The van der Waals surface area contributed by atoms with Crippen molar-refractivity contribution >= 4 is 32.6 Å². The first-order valence-electron chi connectivity index (χ1n) is 9.61. The number of fused-ring (bicyclic) bond motifs is 3. The van der Waals surface area contributed by atoms with Gasteiger partial charge in [0.1, 0.15) is 10.3 Å². The van der Waals surface area contributed by atoms with Crippen molar-refractivity contribution in [3.05, 3.63) is 22.6 Å². The van der Waals surface area contributed by atoms with E-state index < -0.39 is 0 Å². The maximum atomic E-state index is 13.1. The van der Waals surface area contributed by atoms with E-state index in [9.17, 15) is 4.79 Å². The lowest BCUT2D eigenvalue weighted by Crippen LogP contribution is -2.37. The summed E-state index contributed by atoms with van der Waals surface area (Å²) >= 11 is 3.53. The monoisotopic (exact) mass is 418 g/mol. The number of ether oxygens (including phenoxy) is 1. The Morgan fingerprint density at radius 2 is 2.19 bits per heavy atom. The Morgan fingerprint density at radius 3 is 3.00 bits per heavy atom. The number of halogens is 1. The Labute approximate surface area is 161 Å². The average molecular weight is 419 g/mol. The Bertz CT molecular complexity index is 833. The Hall–Kier alpha value is -1.31. The molecule has 0 aromatic carbocycles. The summed E-state index contributed by atoms with van der Waals surface area (Å²) in [5.41, 5.74) is 1.50. The number of nitrogens with zero attached hydrogens (tertiary/aromatic N) is 4. The van der Waals surface area contributed by atoms with Crippen molar-refractivity contribution in [3.63, 3.8) is 0 Å². The highest BCUT2D eigenvalue weighted by molar-refractivity contribution is 9.10. The van der Waals surface area contributed by atoms with Gasteiger partial charge in [0.25, 0.3) is 0 Å². The van der Waals surface area contributed by atoms with E-state index >= 15 is 0 Å². The van der Waals surface area contributed by atoms with Crippen LogP contribution >= 0.6 is 15.9 Å². The quantitative estimate of drug-likeness (QED) is 0.714. The van der Waals surface area contributed by atoms with Gasteiger partial charge in [-0.05, 0) is 66.6 Å². The van der Waals surface area contributed by atoms with Crippen LogP contribution in [0.5, 0.6) is 0 Å². The molecule has 26 heavy (non-hydrogen) atoms. The van der Waals surface area contributed by atoms with E-state index in [1.54, 1.807) is 6.20 Å². The van der Waals surface area contributed by atoms with Crippen LogP contribution < -0.4 is 0 Å². The zero-order valence-electron chi connectivity index (χ0n) is 14.7. The standard InChI is InChI=1S/C19H23BrN4O2/c20-19-14-9-21-15(18(25)13-7-12-4-5-23(10-12)11-13)8-16(14)24(22-19)17-3-1-2-6-26-17/h8-9,12-13,17H,1-7,10-11H2. The lowest BCUT2D eigenvalue weighted by Gasteiger charge is -2.28. The molecule has 0 saturated carbocycles. The molecule has 3 aliphatic rings. The molecule has 7 heteroatoms. The van der Waals surface area contributed by atoms with Crippen molar-refractivity contribution in [2.75, 3.05) is 26.2 Å². The SMILES string of the molecule is O=C(c1cc2c(cn1)c(Br)nn2C1CCCCO1)C1CC2CCN(C2)C1. The molecule has 138 valence electrons. The molecule has 2 aromatic rings. The summed E-state index contributed by atoms with van der Waals surface area (Å²) in [5, 5.41) is 5.54. The van der Waals surface area contributed by atoms with Crippen molar-refractivity contribution in [2.45, 2.75) is 38.3 Å². The van der Waals surface area contributed by atoms with Gasteiger partial charge in [-0.3, -0.25) is 9.78 Å². The van der Waals surface area contributed by atoms with E-state index in [0.29, 0.717) is 11.6 Å². The number of pyridine rings is 1. The van der Waals surface area contributed by atoms with Gasteiger partial charge in [0.15, 0.2) is 12.0 Å². The van der Waals surface area contributed by atoms with Gasteiger partial charge in [-0.1, -0.05) is 0 Å². The third-order valence-electron chi connectivity index (χ3n) is 6.06. The fourth-order valence-electron chi connectivity index (χ4n) is 4.73. The third kappa shape index (κ3) is 2.90. The smallest absolute Gasteiger partial charge is 0.185 e. The highest BCUT2D eigenvalue weighted by Gasteiger charge is 2.36. The topological polar surface area (TPSA) is 60.3 Å². The number of piperidine rings is 1. The van der Waals surface area contributed by atoms with Gasteiger partial charge >= 0.3 is 0 Å². The fraction of sp³-hybridized carbons (Fsp3) is 0.632.